The van der Waals surface area contributed by atoms with E-state index in [2.05, 4.69) is 398 Å². The van der Waals surface area contributed by atoms with Crippen LogP contribution >= 0.6 is 0 Å². The molecule has 0 N–H and O–H groups in total. The van der Waals surface area contributed by atoms with Crippen LogP contribution in [0.1, 0.15) is 0 Å². The number of hydrogen-bond donors (Lipinski definition) is 0. The van der Waals surface area contributed by atoms with Crippen LogP contribution in [-0.2, 0) is 0 Å². The van der Waals surface area contributed by atoms with Crippen LogP contribution in [0.2, 0.25) is 0 Å². The van der Waals surface area contributed by atoms with Crippen LogP contribution in [0.4, 0.5) is 34.1 Å². The Labute approximate surface area is 571 Å². The summed E-state index contributed by atoms with van der Waals surface area (Å²) in [5.74, 6) is 0. The maximum absolute atomic E-state index is 2.39. The lowest BCUT2D eigenvalue weighted by Gasteiger charge is -2.26. The van der Waals surface area contributed by atoms with Gasteiger partial charge < -0.3 is 9.80 Å². The smallest absolute Gasteiger partial charge is 0.0467 e. The highest BCUT2D eigenvalue weighted by molar-refractivity contribution is 6.10. The molecule has 0 heterocycles. The molecule has 0 aliphatic carbocycles. The molecule has 0 atom stereocenters. The van der Waals surface area contributed by atoms with Crippen LogP contribution in [-0.4, -0.2) is 0 Å². The van der Waals surface area contributed by atoms with E-state index < -0.39 is 0 Å². The molecular formula is C96H64N2. The Bertz CT molecular complexity index is 6040. The van der Waals surface area contributed by atoms with Crippen molar-refractivity contribution in [2.75, 3.05) is 9.80 Å². The average molecular weight is 1250 g/mol. The highest BCUT2D eigenvalue weighted by Gasteiger charge is 2.19. The third kappa shape index (κ3) is 10.8. The minimum atomic E-state index is 1.08. The van der Waals surface area contributed by atoms with Crippen molar-refractivity contribution < 1.29 is 0 Å². The molecule has 18 rings (SSSR count). The number of benzene rings is 18. The van der Waals surface area contributed by atoms with Crippen molar-refractivity contribution in [2.24, 2.45) is 0 Å². The number of fused-ring (bicyclic) bond motifs is 8. The first-order valence-electron chi connectivity index (χ1n) is 33.8. The normalized spacial score (nSPS) is 11.5. The van der Waals surface area contributed by atoms with Gasteiger partial charge >= 0.3 is 0 Å². The second-order valence-electron chi connectivity index (χ2n) is 25.6. The van der Waals surface area contributed by atoms with Crippen molar-refractivity contribution in [1.29, 1.82) is 0 Å². The first-order valence-corrected chi connectivity index (χ1v) is 33.8. The van der Waals surface area contributed by atoms with E-state index in [4.69, 9.17) is 0 Å². The Morgan fingerprint density at radius 1 is 0.122 bits per heavy atom. The molecule has 0 radical (unpaired) electrons. The molecule has 18 aromatic carbocycles. The monoisotopic (exact) mass is 1240 g/mol. The molecule has 0 aromatic heterocycles. The quantitative estimate of drug-likeness (QED) is 0.106. The Kier molecular flexibility index (Phi) is 14.6. The summed E-state index contributed by atoms with van der Waals surface area (Å²) in [5.41, 5.74) is 23.0. The van der Waals surface area contributed by atoms with Crippen molar-refractivity contribution in [3.8, 4) is 77.9 Å². The summed E-state index contributed by atoms with van der Waals surface area (Å²) in [6, 6.07) is 143. The number of rotatable bonds is 13. The summed E-state index contributed by atoms with van der Waals surface area (Å²) in [6.07, 6.45) is 0. The van der Waals surface area contributed by atoms with E-state index in [1.54, 1.807) is 0 Å². The molecule has 0 spiro atoms. The summed E-state index contributed by atoms with van der Waals surface area (Å²) < 4.78 is 0. The molecule has 2 heteroatoms. The van der Waals surface area contributed by atoms with Crippen molar-refractivity contribution >= 4 is 98.8 Å². The molecule has 18 aromatic rings. The Morgan fingerprint density at radius 2 is 0.408 bits per heavy atom. The van der Waals surface area contributed by atoms with Gasteiger partial charge in [-0.05, 0) is 240 Å². The summed E-state index contributed by atoms with van der Waals surface area (Å²) in [7, 11) is 0. The molecule has 0 bridgehead atoms. The fourth-order valence-electron chi connectivity index (χ4n) is 14.9. The minimum absolute atomic E-state index is 1.08. The number of nitrogens with zero attached hydrogens (tertiary/aromatic N) is 2. The van der Waals surface area contributed by atoms with Gasteiger partial charge in [0, 0.05) is 34.1 Å². The Morgan fingerprint density at radius 3 is 0.888 bits per heavy atom. The molecule has 0 saturated heterocycles. The second kappa shape index (κ2) is 24.8. The number of para-hydroxylation sites is 1. The molecule has 0 aliphatic rings. The summed E-state index contributed by atoms with van der Waals surface area (Å²) in [5, 5.41) is 15.0. The summed E-state index contributed by atoms with van der Waals surface area (Å²) in [6.45, 7) is 0. The van der Waals surface area contributed by atoms with Crippen LogP contribution in [0, 0.1) is 0 Å². The van der Waals surface area contributed by atoms with E-state index in [0.29, 0.717) is 0 Å². The average Bonchev–Trinajstić information content (AvgIpc) is 0.810. The zero-order valence-corrected chi connectivity index (χ0v) is 53.8. The van der Waals surface area contributed by atoms with Crippen LogP contribution in [0.3, 0.4) is 0 Å². The van der Waals surface area contributed by atoms with Crippen molar-refractivity contribution in [3.63, 3.8) is 0 Å². The molecule has 0 fully saturated rings. The topological polar surface area (TPSA) is 6.48 Å². The SMILES string of the molecule is c1ccc(N(c2ccc(-c3ccc4c(ccc5ccccc54)c3)cc2)c2cccc(-c3ccc(-c4cccc(-c5cccc(-c6ccc(N(c7ccc(-c8ccc9c(ccc%10ccccc%109)c8)cc7)c7cccc(-c8cccc9ccccc89)c7)cc6)c5)c4)c4ccccc34)c2)cc1. The van der Waals surface area contributed by atoms with E-state index in [0.717, 1.165) is 56.4 Å². The zero-order chi connectivity index (χ0) is 64.9. The standard InChI is InChI=1S/C96H64N2/c1-2-27-81(28-3-1)97(82-51-43-66(44-52-82)74-47-55-91-79(61-74)39-37-69-18-5-8-32-88(69)91)85-29-15-26-78(64-85)94-58-57-93(95-34-10-11-35-96(94)95)76-24-13-23-73(60-76)72-22-12-21-71(59-72)65-41-49-83(50-42-65)98(86-30-14-25-77(63-86)90-36-16-20-68-17-4-7-31-87(68)90)84-53-45-67(46-54-84)75-48-56-92-80(62-75)40-38-70-19-6-9-33-89(70)92/h1-64H. The number of hydrogen-bond acceptors (Lipinski definition) is 2. The molecule has 0 aliphatic heterocycles. The predicted octanol–water partition coefficient (Wildman–Crippen LogP) is 27.2. The largest absolute Gasteiger partial charge is 0.310 e. The Hall–Kier alpha value is -12.9. The van der Waals surface area contributed by atoms with E-state index in [9.17, 15) is 0 Å². The molecule has 0 saturated carbocycles. The van der Waals surface area contributed by atoms with Gasteiger partial charge in [-0.25, -0.2) is 0 Å². The minimum Gasteiger partial charge on any atom is -0.310 e. The summed E-state index contributed by atoms with van der Waals surface area (Å²) >= 11 is 0. The van der Waals surface area contributed by atoms with Crippen molar-refractivity contribution in [2.45, 2.75) is 0 Å². The third-order valence-corrected chi connectivity index (χ3v) is 19.8. The summed E-state index contributed by atoms with van der Waals surface area (Å²) in [4.78, 5) is 4.75. The van der Waals surface area contributed by atoms with Crippen LogP contribution < -0.4 is 9.80 Å². The third-order valence-electron chi connectivity index (χ3n) is 19.8. The lowest BCUT2D eigenvalue weighted by atomic mass is 9.90. The Balaban J connectivity index is 0.639. The fraction of sp³-hybridized carbons (Fsp3) is 0. The highest BCUT2D eigenvalue weighted by Crippen LogP contribution is 2.44. The van der Waals surface area contributed by atoms with Crippen molar-refractivity contribution in [1.82, 2.24) is 0 Å². The van der Waals surface area contributed by atoms with Crippen LogP contribution in [0.5, 0.6) is 0 Å². The van der Waals surface area contributed by atoms with E-state index in [1.807, 2.05) is 0 Å². The zero-order valence-electron chi connectivity index (χ0n) is 53.8. The van der Waals surface area contributed by atoms with Crippen LogP contribution in [0.15, 0.2) is 388 Å². The van der Waals surface area contributed by atoms with E-state index in [-0.39, 0.29) is 0 Å². The van der Waals surface area contributed by atoms with Gasteiger partial charge in [0.05, 0.1) is 0 Å². The lowest BCUT2D eigenvalue weighted by Crippen LogP contribution is -2.10. The fourth-order valence-corrected chi connectivity index (χ4v) is 14.9. The van der Waals surface area contributed by atoms with Gasteiger partial charge in [0.1, 0.15) is 0 Å². The van der Waals surface area contributed by atoms with E-state index in [1.165, 1.54) is 120 Å². The molecule has 0 amide bonds. The molecule has 2 nitrogen and oxygen atoms in total. The first kappa shape index (κ1) is 57.8. The molecule has 0 unspecified atom stereocenters. The maximum atomic E-state index is 2.39. The lowest BCUT2D eigenvalue weighted by molar-refractivity contribution is 1.28. The van der Waals surface area contributed by atoms with Crippen LogP contribution in [0.25, 0.3) is 143 Å². The van der Waals surface area contributed by atoms with Gasteiger partial charge in [-0.1, -0.05) is 291 Å². The predicted molar refractivity (Wildman–Crippen MR) is 419 cm³/mol. The van der Waals surface area contributed by atoms with Gasteiger partial charge in [-0.2, -0.15) is 0 Å². The van der Waals surface area contributed by atoms with Gasteiger partial charge in [0.2, 0.25) is 0 Å². The number of anilines is 6. The molecular weight excluding hydrogens is 1180 g/mol. The molecule has 458 valence electrons. The second-order valence-corrected chi connectivity index (χ2v) is 25.6. The van der Waals surface area contributed by atoms with E-state index >= 15 is 0 Å². The maximum Gasteiger partial charge on any atom is 0.0467 e. The van der Waals surface area contributed by atoms with Crippen molar-refractivity contribution in [3.05, 3.63) is 388 Å². The first-order chi connectivity index (χ1) is 48.5. The van der Waals surface area contributed by atoms with Gasteiger partial charge in [0.25, 0.3) is 0 Å². The van der Waals surface area contributed by atoms with Gasteiger partial charge in [-0.3, -0.25) is 0 Å². The molecule has 98 heavy (non-hydrogen) atoms. The van der Waals surface area contributed by atoms with Gasteiger partial charge in [-0.15, -0.1) is 0 Å². The highest BCUT2D eigenvalue weighted by atomic mass is 15.1. The van der Waals surface area contributed by atoms with Gasteiger partial charge in [0.15, 0.2) is 0 Å².